The number of aryl methyl sites for hydroxylation is 4. The van der Waals surface area contributed by atoms with Gasteiger partial charge in [0.25, 0.3) is 0 Å². The van der Waals surface area contributed by atoms with Crippen molar-refractivity contribution in [2.75, 3.05) is 0 Å². The third-order valence-electron chi connectivity index (χ3n) is 8.39. The molecule has 5 aliphatic rings. The van der Waals surface area contributed by atoms with Gasteiger partial charge in [-0.2, -0.15) is 0 Å². The van der Waals surface area contributed by atoms with Crippen molar-refractivity contribution in [3.8, 4) is 11.5 Å². The van der Waals surface area contributed by atoms with Crippen molar-refractivity contribution >= 4 is 44.5 Å². The van der Waals surface area contributed by atoms with E-state index in [2.05, 4.69) is 38.1 Å². The van der Waals surface area contributed by atoms with Gasteiger partial charge in [-0.3, -0.25) is 0 Å². The standard InChI is InChI=1S/C28H32Cl2GeN2O2/c1-16-5-18(3)25-23(7-16)14-32-27-22-10-20-9-21(11-22)13-28(27,12-20)33-15-24-8-17(2)6-19(4)26(24)35-31(29,30)34-25/h5-8,14-15,20-22,27H,9-13H2,1-4H3. The number of halogens is 2. The summed E-state index contributed by atoms with van der Waals surface area (Å²) in [6.07, 6.45) is 10.1. The van der Waals surface area contributed by atoms with Crippen LogP contribution in [0.4, 0.5) is 0 Å². The number of hydrogen-bond acceptors (Lipinski definition) is 4. The SMILES string of the molecule is Cc1cc(C)c2c(c1)C=NC1C3CC4CC(C3)CC1(C4)N=Cc1cc(C)cc(C)c1[O][Ge]([Cl])([Cl])[O]2. The van der Waals surface area contributed by atoms with Crippen LogP contribution in [-0.2, 0) is 0 Å². The Bertz CT molecular complexity index is 1240. The van der Waals surface area contributed by atoms with E-state index < -0.39 is 12.1 Å². The van der Waals surface area contributed by atoms with Crippen LogP contribution in [0.3, 0.4) is 0 Å². The third kappa shape index (κ3) is 4.34. The topological polar surface area (TPSA) is 43.2 Å². The first-order valence-electron chi connectivity index (χ1n) is 12.7. The van der Waals surface area contributed by atoms with Gasteiger partial charge in [-0.1, -0.05) is 0 Å². The molecule has 7 rings (SSSR count). The van der Waals surface area contributed by atoms with Crippen LogP contribution in [0, 0.1) is 45.4 Å². The zero-order valence-electron chi connectivity index (χ0n) is 20.8. The molecule has 4 bridgehead atoms. The molecule has 1 aliphatic heterocycles. The van der Waals surface area contributed by atoms with Crippen LogP contribution >= 0.6 is 20.0 Å². The second kappa shape index (κ2) is 8.53. The van der Waals surface area contributed by atoms with Gasteiger partial charge in [0.1, 0.15) is 0 Å². The summed E-state index contributed by atoms with van der Waals surface area (Å²) in [7, 11) is 13.7. The summed E-state index contributed by atoms with van der Waals surface area (Å²) in [5.74, 6) is 3.46. The van der Waals surface area contributed by atoms with Gasteiger partial charge in [-0.25, -0.2) is 0 Å². The van der Waals surface area contributed by atoms with E-state index in [1.54, 1.807) is 0 Å². The van der Waals surface area contributed by atoms with E-state index in [4.69, 9.17) is 37.5 Å². The van der Waals surface area contributed by atoms with Crippen molar-refractivity contribution in [2.24, 2.45) is 27.7 Å². The van der Waals surface area contributed by atoms with E-state index in [1.807, 2.05) is 26.3 Å². The Kier molecular flexibility index (Phi) is 5.82. The molecule has 0 saturated heterocycles. The van der Waals surface area contributed by atoms with Gasteiger partial charge in [-0.15, -0.1) is 0 Å². The Labute approximate surface area is 219 Å². The first-order valence-corrected chi connectivity index (χ1v) is 19.9. The zero-order chi connectivity index (χ0) is 24.5. The predicted molar refractivity (Wildman–Crippen MR) is 146 cm³/mol. The van der Waals surface area contributed by atoms with Gasteiger partial charge in [-0.05, 0) is 0 Å². The van der Waals surface area contributed by atoms with E-state index >= 15 is 0 Å². The molecule has 35 heavy (non-hydrogen) atoms. The average Bonchev–Trinajstić information content (AvgIpc) is 2.75. The fraction of sp³-hybridized carbons (Fsp3) is 0.500. The number of rotatable bonds is 0. The molecule has 2 aromatic rings. The van der Waals surface area contributed by atoms with Crippen molar-refractivity contribution < 1.29 is 7.53 Å². The zero-order valence-corrected chi connectivity index (χ0v) is 24.4. The van der Waals surface area contributed by atoms with E-state index in [9.17, 15) is 0 Å². The van der Waals surface area contributed by atoms with Crippen LogP contribution in [0.5, 0.6) is 11.5 Å². The fourth-order valence-electron chi connectivity index (χ4n) is 7.48. The summed E-state index contributed by atoms with van der Waals surface area (Å²) in [6, 6.07) is 8.57. The summed E-state index contributed by atoms with van der Waals surface area (Å²) in [6.45, 7) is 8.24. The summed E-state index contributed by atoms with van der Waals surface area (Å²) < 4.78 is 12.7. The summed E-state index contributed by atoms with van der Waals surface area (Å²) in [5.41, 5.74) is 5.95. The second-order valence-corrected chi connectivity index (χ2v) is 20.3. The van der Waals surface area contributed by atoms with Gasteiger partial charge in [0.15, 0.2) is 0 Å². The summed E-state index contributed by atoms with van der Waals surface area (Å²) >= 11 is -4.23. The quantitative estimate of drug-likeness (QED) is 0.317. The molecule has 7 heteroatoms. The second-order valence-electron chi connectivity index (χ2n) is 11.4. The third-order valence-corrected chi connectivity index (χ3v) is 11.8. The Morgan fingerprint density at radius 3 is 1.91 bits per heavy atom. The molecule has 3 atom stereocenters. The van der Waals surface area contributed by atoms with Gasteiger partial charge in [0.2, 0.25) is 0 Å². The van der Waals surface area contributed by atoms with Gasteiger partial charge >= 0.3 is 220 Å². The molecular weight excluding hydrogens is 540 g/mol. The number of fused-ring (bicyclic) bond motifs is 2. The Morgan fingerprint density at radius 1 is 0.800 bits per heavy atom. The molecule has 3 unspecified atom stereocenters. The van der Waals surface area contributed by atoms with Crippen LogP contribution in [0.15, 0.2) is 34.3 Å². The minimum atomic E-state index is -4.23. The molecule has 184 valence electrons. The van der Waals surface area contributed by atoms with Crippen LogP contribution in [0.25, 0.3) is 0 Å². The van der Waals surface area contributed by atoms with E-state index in [0.717, 1.165) is 58.1 Å². The number of nitrogens with zero attached hydrogens (tertiary/aromatic N) is 2. The fourth-order valence-corrected chi connectivity index (χ4v) is 11.3. The van der Waals surface area contributed by atoms with Crippen LogP contribution in [-0.4, -0.2) is 36.1 Å². The van der Waals surface area contributed by atoms with Gasteiger partial charge in [0, 0.05) is 0 Å². The average molecular weight is 572 g/mol. The first-order chi connectivity index (χ1) is 16.6. The summed E-state index contributed by atoms with van der Waals surface area (Å²) in [4.78, 5) is 10.7. The number of aliphatic imine (C=N–C) groups is 2. The molecular formula is C28H32Cl2GeN2O2. The molecule has 4 nitrogen and oxygen atoms in total. The maximum atomic E-state index is 6.84. The molecule has 2 aromatic carbocycles. The predicted octanol–water partition coefficient (Wildman–Crippen LogP) is 7.09. The Morgan fingerprint density at radius 2 is 1.34 bits per heavy atom. The molecule has 0 amide bonds. The van der Waals surface area contributed by atoms with Crippen LogP contribution in [0.1, 0.15) is 65.5 Å². The van der Waals surface area contributed by atoms with Crippen LogP contribution < -0.4 is 7.53 Å². The van der Waals surface area contributed by atoms with Crippen molar-refractivity contribution in [1.82, 2.24) is 0 Å². The minimum absolute atomic E-state index is 0.158. The van der Waals surface area contributed by atoms with Crippen LogP contribution in [0.2, 0.25) is 0 Å². The van der Waals surface area contributed by atoms with Crippen molar-refractivity contribution in [2.45, 2.75) is 71.4 Å². The maximum absolute atomic E-state index is 6.84. The molecule has 0 radical (unpaired) electrons. The number of hydrogen-bond donors (Lipinski definition) is 0. The normalized spacial score (nSPS) is 32.3. The van der Waals surface area contributed by atoms with E-state index in [1.165, 1.54) is 19.3 Å². The molecule has 4 fully saturated rings. The van der Waals surface area contributed by atoms with E-state index in [0.29, 0.717) is 17.4 Å². The molecule has 1 spiro atoms. The Hall–Kier alpha value is -1.50. The molecule has 0 aromatic heterocycles. The van der Waals surface area contributed by atoms with Crippen molar-refractivity contribution in [1.29, 1.82) is 0 Å². The molecule has 4 aliphatic carbocycles. The monoisotopic (exact) mass is 572 g/mol. The Balaban J connectivity index is 1.56. The number of benzene rings is 2. The summed E-state index contributed by atoms with van der Waals surface area (Å²) in [5, 5.41) is 0. The molecule has 1 heterocycles. The van der Waals surface area contributed by atoms with Crippen molar-refractivity contribution in [3.05, 3.63) is 57.6 Å². The van der Waals surface area contributed by atoms with Gasteiger partial charge < -0.3 is 0 Å². The van der Waals surface area contributed by atoms with Crippen molar-refractivity contribution in [3.63, 3.8) is 0 Å². The van der Waals surface area contributed by atoms with Gasteiger partial charge in [0.05, 0.1) is 0 Å². The first kappa shape index (κ1) is 23.9. The van der Waals surface area contributed by atoms with E-state index in [-0.39, 0.29) is 11.6 Å². The molecule has 0 N–H and O–H groups in total. The molecule has 4 saturated carbocycles.